The summed E-state index contributed by atoms with van der Waals surface area (Å²) in [5.74, 6) is 0.441. The number of aryl methyl sites for hydroxylation is 1. The van der Waals surface area contributed by atoms with Crippen molar-refractivity contribution in [1.82, 2.24) is 14.3 Å². The summed E-state index contributed by atoms with van der Waals surface area (Å²) < 4.78 is 7.97. The van der Waals surface area contributed by atoms with Gasteiger partial charge in [0.25, 0.3) is 11.5 Å². The fraction of sp³-hybridized carbons (Fsp3) is 0.478. The molecule has 9 heteroatoms. The lowest BCUT2D eigenvalue weighted by atomic mass is 10.1. The van der Waals surface area contributed by atoms with E-state index in [2.05, 4.69) is 11.8 Å². The lowest BCUT2D eigenvalue weighted by Crippen LogP contribution is -2.46. The van der Waals surface area contributed by atoms with Crippen LogP contribution >= 0.6 is 24.0 Å². The van der Waals surface area contributed by atoms with Crippen LogP contribution in [-0.2, 0) is 9.53 Å². The molecular formula is C23H28N4O3S2. The Morgan fingerprint density at radius 1 is 1.25 bits per heavy atom. The maximum Gasteiger partial charge on any atom is 0.267 e. The number of anilines is 1. The molecule has 2 atom stereocenters. The first-order chi connectivity index (χ1) is 15.3. The Morgan fingerprint density at radius 2 is 1.97 bits per heavy atom. The number of ether oxygens (including phenoxy) is 1. The molecule has 2 unspecified atom stereocenters. The summed E-state index contributed by atoms with van der Waals surface area (Å²) in [6.45, 7) is 9.88. The molecular weight excluding hydrogens is 444 g/mol. The van der Waals surface area contributed by atoms with Crippen LogP contribution in [0.2, 0.25) is 0 Å². The van der Waals surface area contributed by atoms with Gasteiger partial charge in [-0.2, -0.15) is 0 Å². The molecule has 0 aliphatic carbocycles. The molecule has 0 spiro atoms. The van der Waals surface area contributed by atoms with Crippen molar-refractivity contribution in [3.05, 3.63) is 44.7 Å². The van der Waals surface area contributed by atoms with Gasteiger partial charge in [0.05, 0.1) is 22.7 Å². The predicted molar refractivity (Wildman–Crippen MR) is 133 cm³/mol. The molecule has 0 saturated carbocycles. The number of aromatic nitrogens is 2. The second kappa shape index (κ2) is 9.33. The summed E-state index contributed by atoms with van der Waals surface area (Å²) in [6.07, 6.45) is 5.34. The molecule has 4 rings (SSSR count). The van der Waals surface area contributed by atoms with Gasteiger partial charge in [-0.1, -0.05) is 43.4 Å². The van der Waals surface area contributed by atoms with Gasteiger partial charge in [-0.15, -0.1) is 0 Å². The van der Waals surface area contributed by atoms with Crippen molar-refractivity contribution in [3.8, 4) is 0 Å². The summed E-state index contributed by atoms with van der Waals surface area (Å²) in [6, 6.07) is 3.79. The van der Waals surface area contributed by atoms with Crippen molar-refractivity contribution in [2.45, 2.75) is 52.7 Å². The van der Waals surface area contributed by atoms with Crippen molar-refractivity contribution >= 4 is 51.7 Å². The van der Waals surface area contributed by atoms with E-state index in [-0.39, 0.29) is 23.7 Å². The minimum Gasteiger partial charge on any atom is -0.372 e. The van der Waals surface area contributed by atoms with Crippen molar-refractivity contribution in [2.75, 3.05) is 24.5 Å². The van der Waals surface area contributed by atoms with Gasteiger partial charge in [-0.3, -0.25) is 18.9 Å². The molecule has 0 radical (unpaired) electrons. The zero-order valence-electron chi connectivity index (χ0n) is 18.8. The largest absolute Gasteiger partial charge is 0.372 e. The number of nitrogens with zero attached hydrogens (tertiary/aromatic N) is 4. The standard InChI is InChI=1S/C23H28N4O3S2/c1-5-6-9-26-22(29)18(32-23(26)31)10-17-20(25-12-15(3)30-16(4)13-25)24-19-8-7-14(2)11-27(19)21(17)28/h7-8,10-11,15-16H,5-6,9,12-13H2,1-4H3. The molecule has 0 aromatic carbocycles. The van der Waals surface area contributed by atoms with Gasteiger partial charge in [-0.05, 0) is 44.9 Å². The van der Waals surface area contributed by atoms with E-state index in [1.54, 1.807) is 21.6 Å². The molecule has 7 nitrogen and oxygen atoms in total. The summed E-state index contributed by atoms with van der Waals surface area (Å²) in [4.78, 5) is 35.7. The smallest absolute Gasteiger partial charge is 0.267 e. The van der Waals surface area contributed by atoms with Gasteiger partial charge in [0.2, 0.25) is 0 Å². The molecule has 2 fully saturated rings. The molecule has 0 N–H and O–H groups in total. The molecule has 0 bridgehead atoms. The number of morpholine rings is 1. The van der Waals surface area contributed by atoms with E-state index >= 15 is 0 Å². The summed E-state index contributed by atoms with van der Waals surface area (Å²) in [7, 11) is 0. The SMILES string of the molecule is CCCCN1C(=O)C(=Cc2c(N3CC(C)OC(C)C3)nc3ccc(C)cn3c2=O)SC1=S. The first-order valence-corrected chi connectivity index (χ1v) is 12.2. The van der Waals surface area contributed by atoms with Crippen LogP contribution in [-0.4, -0.2) is 56.4 Å². The summed E-state index contributed by atoms with van der Waals surface area (Å²) in [5.41, 5.74) is 1.75. The van der Waals surface area contributed by atoms with Crippen LogP contribution in [0, 0.1) is 6.92 Å². The second-order valence-electron chi connectivity index (χ2n) is 8.44. The summed E-state index contributed by atoms with van der Waals surface area (Å²) >= 11 is 6.69. The predicted octanol–water partition coefficient (Wildman–Crippen LogP) is 3.62. The Balaban J connectivity index is 1.84. The Hall–Kier alpha value is -2.23. The number of unbranched alkanes of at least 4 members (excludes halogenated alkanes) is 1. The van der Waals surface area contributed by atoms with E-state index in [1.165, 1.54) is 11.8 Å². The van der Waals surface area contributed by atoms with E-state index in [4.69, 9.17) is 21.9 Å². The highest BCUT2D eigenvalue weighted by molar-refractivity contribution is 8.26. The van der Waals surface area contributed by atoms with Crippen LogP contribution in [0.1, 0.15) is 44.7 Å². The Bertz CT molecular complexity index is 1150. The van der Waals surface area contributed by atoms with Gasteiger partial charge in [-0.25, -0.2) is 4.98 Å². The minimum atomic E-state index is -0.195. The number of hydrogen-bond donors (Lipinski definition) is 0. The maximum atomic E-state index is 13.6. The van der Waals surface area contributed by atoms with Crippen molar-refractivity contribution in [2.24, 2.45) is 0 Å². The average molecular weight is 473 g/mol. The number of rotatable bonds is 5. The fourth-order valence-electron chi connectivity index (χ4n) is 4.11. The molecule has 4 heterocycles. The van der Waals surface area contributed by atoms with Crippen LogP contribution in [0.3, 0.4) is 0 Å². The summed E-state index contributed by atoms with van der Waals surface area (Å²) in [5, 5.41) is 0. The highest BCUT2D eigenvalue weighted by Crippen LogP contribution is 2.34. The topological polar surface area (TPSA) is 67.2 Å². The van der Waals surface area contributed by atoms with Crippen molar-refractivity contribution in [3.63, 3.8) is 0 Å². The van der Waals surface area contributed by atoms with Crippen LogP contribution in [0.25, 0.3) is 11.7 Å². The van der Waals surface area contributed by atoms with Crippen molar-refractivity contribution < 1.29 is 9.53 Å². The molecule has 2 aromatic heterocycles. The van der Waals surface area contributed by atoms with E-state index in [1.807, 2.05) is 32.9 Å². The van der Waals surface area contributed by atoms with E-state index in [0.29, 0.717) is 45.9 Å². The van der Waals surface area contributed by atoms with Gasteiger partial charge in [0, 0.05) is 25.8 Å². The molecule has 2 aromatic rings. The fourth-order valence-corrected chi connectivity index (χ4v) is 5.40. The molecule has 32 heavy (non-hydrogen) atoms. The lowest BCUT2D eigenvalue weighted by molar-refractivity contribution is -0.122. The monoisotopic (exact) mass is 472 g/mol. The quantitative estimate of drug-likeness (QED) is 0.486. The highest BCUT2D eigenvalue weighted by Gasteiger charge is 2.33. The minimum absolute atomic E-state index is 0.0112. The molecule has 170 valence electrons. The van der Waals surface area contributed by atoms with Gasteiger partial charge < -0.3 is 9.64 Å². The zero-order valence-corrected chi connectivity index (χ0v) is 20.5. The third-order valence-corrected chi connectivity index (χ3v) is 6.97. The number of amides is 1. The zero-order chi connectivity index (χ0) is 23.0. The molecule has 2 saturated heterocycles. The van der Waals surface area contributed by atoms with Gasteiger partial charge >= 0.3 is 0 Å². The highest BCUT2D eigenvalue weighted by atomic mass is 32.2. The second-order valence-corrected chi connectivity index (χ2v) is 10.1. The Kier molecular flexibility index (Phi) is 6.69. The van der Waals surface area contributed by atoms with Gasteiger partial charge in [0.15, 0.2) is 0 Å². The van der Waals surface area contributed by atoms with Crippen molar-refractivity contribution in [1.29, 1.82) is 0 Å². The lowest BCUT2D eigenvalue weighted by Gasteiger charge is -2.36. The van der Waals surface area contributed by atoms with Crippen LogP contribution in [0.5, 0.6) is 0 Å². The number of thioether (sulfide) groups is 1. The van der Waals surface area contributed by atoms with E-state index < -0.39 is 0 Å². The first kappa shape index (κ1) is 22.9. The average Bonchev–Trinajstić information content (AvgIpc) is 3.00. The number of fused-ring (bicyclic) bond motifs is 1. The van der Waals surface area contributed by atoms with E-state index in [0.717, 1.165) is 18.4 Å². The third kappa shape index (κ3) is 4.46. The van der Waals surface area contributed by atoms with Crippen LogP contribution in [0.4, 0.5) is 5.82 Å². The maximum absolute atomic E-state index is 13.6. The van der Waals surface area contributed by atoms with Gasteiger partial charge in [0.1, 0.15) is 15.8 Å². The van der Waals surface area contributed by atoms with Crippen LogP contribution < -0.4 is 10.5 Å². The Morgan fingerprint density at radius 3 is 2.66 bits per heavy atom. The molecule has 2 aliphatic heterocycles. The third-order valence-electron chi connectivity index (χ3n) is 5.59. The number of carbonyl (C=O) groups excluding carboxylic acids is 1. The van der Waals surface area contributed by atoms with E-state index in [9.17, 15) is 9.59 Å². The van der Waals surface area contributed by atoms with Crippen LogP contribution in [0.15, 0.2) is 28.0 Å². The number of hydrogen-bond acceptors (Lipinski definition) is 7. The number of thiocarbonyl (C=S) groups is 1. The molecule has 2 aliphatic rings. The molecule has 1 amide bonds. The number of pyridine rings is 1. The first-order valence-electron chi connectivity index (χ1n) is 11.0. The normalized spacial score (nSPS) is 23.1. The number of carbonyl (C=O) groups is 1. The Labute approximate surface area is 197 Å².